The number of hydrogen-bond donors (Lipinski definition) is 1. The number of aromatic carboxylic acids is 1. The molecule has 0 heterocycles. The van der Waals surface area contributed by atoms with Crippen molar-refractivity contribution in [2.75, 3.05) is 0 Å². The Hall–Kier alpha value is -0.511. The molecule has 1 radical (unpaired) electrons. The van der Waals surface area contributed by atoms with E-state index in [0.717, 1.165) is 5.56 Å². The molecule has 0 bridgehead atoms. The second kappa shape index (κ2) is 14.5. The standard InChI is InChI=1S/C11H14O2.3C4H9.Sn/c1-11(2,3)9-6-4-8(5-7-9)10(12)13;3*1-3-4-2;/h4-7H,1-3H3,(H,12,13);3*1,3-4H2,2H3;. The van der Waals surface area contributed by atoms with Crippen molar-refractivity contribution in [1.82, 2.24) is 0 Å². The number of carbonyl (C=O) groups is 1. The van der Waals surface area contributed by atoms with Crippen LogP contribution in [0.15, 0.2) is 24.3 Å². The zero-order valence-electron chi connectivity index (χ0n) is 18.0. The molecular weight excluding hydrogens is 427 g/mol. The van der Waals surface area contributed by atoms with Gasteiger partial charge in [-0.05, 0) is 23.1 Å². The molecule has 3 heteroatoms. The molecule has 0 saturated carbocycles. The summed E-state index contributed by atoms with van der Waals surface area (Å²) in [6, 6.07) is 7.01. The molecule has 1 N–H and O–H groups in total. The maximum atomic E-state index is 10.6. The van der Waals surface area contributed by atoms with Crippen molar-refractivity contribution in [2.45, 2.75) is 98.8 Å². The monoisotopic (exact) mass is 469 g/mol. The molecule has 2 nitrogen and oxygen atoms in total. The van der Waals surface area contributed by atoms with Gasteiger partial charge >= 0.3 is 98.3 Å². The topological polar surface area (TPSA) is 37.3 Å². The van der Waals surface area contributed by atoms with E-state index in [-0.39, 0.29) is 5.41 Å². The molecule has 0 spiro atoms. The van der Waals surface area contributed by atoms with E-state index in [1.54, 1.807) is 25.4 Å². The van der Waals surface area contributed by atoms with Crippen molar-refractivity contribution >= 4 is 25.7 Å². The fourth-order valence-corrected chi connectivity index (χ4v) is 12.2. The van der Waals surface area contributed by atoms with Crippen LogP contribution in [-0.4, -0.2) is 30.8 Å². The first-order chi connectivity index (χ1) is 12.3. The van der Waals surface area contributed by atoms with E-state index < -0.39 is 25.7 Å². The Labute approximate surface area is 169 Å². The summed E-state index contributed by atoms with van der Waals surface area (Å²) < 4.78 is 5.04. The third-order valence-electron chi connectivity index (χ3n) is 4.65. The third-order valence-corrected chi connectivity index (χ3v) is 13.7. The van der Waals surface area contributed by atoms with Gasteiger partial charge in [-0.15, -0.1) is 0 Å². The van der Waals surface area contributed by atoms with Crippen molar-refractivity contribution < 1.29 is 9.90 Å². The molecule has 0 aliphatic carbocycles. The molecule has 0 unspecified atom stereocenters. The summed E-state index contributed by atoms with van der Waals surface area (Å²) >= 11 is -0.839. The van der Waals surface area contributed by atoms with Crippen LogP contribution in [0.1, 0.15) is 96.0 Å². The molecule has 0 aromatic heterocycles. The minimum absolute atomic E-state index is 0.0804. The number of unbranched alkanes of at least 4 members (excludes halogenated alkanes) is 3. The van der Waals surface area contributed by atoms with Crippen molar-refractivity contribution in [3.8, 4) is 0 Å². The van der Waals surface area contributed by atoms with Gasteiger partial charge in [0.05, 0.1) is 5.56 Å². The Morgan fingerprint density at radius 3 is 1.50 bits per heavy atom. The third kappa shape index (κ3) is 12.0. The number of benzene rings is 1. The van der Waals surface area contributed by atoms with E-state index in [9.17, 15) is 4.79 Å². The summed E-state index contributed by atoms with van der Waals surface area (Å²) in [5, 5.41) is 8.68. The number of rotatable bonds is 10. The molecule has 0 saturated heterocycles. The van der Waals surface area contributed by atoms with Gasteiger partial charge < -0.3 is 5.11 Å². The second-order valence-corrected chi connectivity index (χ2v) is 16.8. The van der Waals surface area contributed by atoms with Gasteiger partial charge in [0.15, 0.2) is 0 Å². The van der Waals surface area contributed by atoms with E-state index in [4.69, 9.17) is 5.11 Å². The molecular formula is C23H41O2Sn. The molecule has 0 amide bonds. The van der Waals surface area contributed by atoms with Crippen LogP contribution in [0.5, 0.6) is 0 Å². The Morgan fingerprint density at radius 2 is 1.23 bits per heavy atom. The first-order valence-electron chi connectivity index (χ1n) is 10.4. The molecule has 0 aliphatic rings. The van der Waals surface area contributed by atoms with E-state index >= 15 is 0 Å². The first kappa shape index (κ1) is 25.5. The van der Waals surface area contributed by atoms with Gasteiger partial charge in [0, 0.05) is 0 Å². The van der Waals surface area contributed by atoms with Crippen molar-refractivity contribution in [1.29, 1.82) is 0 Å². The van der Waals surface area contributed by atoms with Gasteiger partial charge in [0.2, 0.25) is 0 Å². The molecule has 1 aromatic carbocycles. The second-order valence-electron chi connectivity index (χ2n) is 8.19. The van der Waals surface area contributed by atoms with Gasteiger partial charge in [0.1, 0.15) is 0 Å². The fourth-order valence-electron chi connectivity index (χ4n) is 2.77. The fraction of sp³-hybridized carbons (Fsp3) is 0.696. The van der Waals surface area contributed by atoms with Gasteiger partial charge in [-0.3, -0.25) is 0 Å². The van der Waals surface area contributed by atoms with Crippen LogP contribution in [0.25, 0.3) is 0 Å². The minimum atomic E-state index is -0.875. The van der Waals surface area contributed by atoms with Gasteiger partial charge in [-0.25, -0.2) is 4.79 Å². The average Bonchev–Trinajstić information content (AvgIpc) is 2.61. The van der Waals surface area contributed by atoms with E-state index in [1.165, 1.54) is 38.5 Å². The zero-order valence-corrected chi connectivity index (χ0v) is 20.9. The predicted octanol–water partition coefficient (Wildman–Crippen LogP) is 7.56. The maximum absolute atomic E-state index is 10.6. The normalized spacial score (nSPS) is 11.2. The van der Waals surface area contributed by atoms with Crippen molar-refractivity contribution in [3.05, 3.63) is 35.4 Å². The van der Waals surface area contributed by atoms with Crippen LogP contribution in [0.4, 0.5) is 0 Å². The van der Waals surface area contributed by atoms with E-state index in [0.29, 0.717) is 5.56 Å². The summed E-state index contributed by atoms with van der Waals surface area (Å²) in [7, 11) is 0. The summed E-state index contributed by atoms with van der Waals surface area (Å²) in [4.78, 5) is 10.6. The van der Waals surface area contributed by atoms with Crippen LogP contribution in [-0.2, 0) is 5.41 Å². The number of hydrogen-bond acceptors (Lipinski definition) is 1. The SMILES string of the molecule is CC(C)(C)c1ccc(C(=O)O)cc1.CCC[CH2][Sn]([CH2]CCC)[CH2]CCC. The quantitative estimate of drug-likeness (QED) is 0.360. The molecule has 26 heavy (non-hydrogen) atoms. The van der Waals surface area contributed by atoms with Gasteiger partial charge in [0.25, 0.3) is 0 Å². The molecule has 149 valence electrons. The summed E-state index contributed by atoms with van der Waals surface area (Å²) in [6.07, 6.45) is 8.85. The predicted molar refractivity (Wildman–Crippen MR) is 117 cm³/mol. The Balaban J connectivity index is 0.000000481. The molecule has 0 fully saturated rings. The van der Waals surface area contributed by atoms with Crippen LogP contribution < -0.4 is 0 Å². The van der Waals surface area contributed by atoms with Crippen molar-refractivity contribution in [2.24, 2.45) is 0 Å². The van der Waals surface area contributed by atoms with Crippen molar-refractivity contribution in [3.63, 3.8) is 0 Å². The molecule has 1 rings (SSSR count). The summed E-state index contributed by atoms with van der Waals surface area (Å²) in [5.41, 5.74) is 1.57. The summed E-state index contributed by atoms with van der Waals surface area (Å²) in [6.45, 7) is 13.3. The Bertz CT molecular complexity index is 455. The number of carboxylic acids is 1. The van der Waals surface area contributed by atoms with E-state index in [2.05, 4.69) is 41.5 Å². The van der Waals surface area contributed by atoms with Gasteiger partial charge in [-0.1, -0.05) is 32.9 Å². The van der Waals surface area contributed by atoms with Crippen LogP contribution >= 0.6 is 0 Å². The Kier molecular flexibility index (Phi) is 14.2. The van der Waals surface area contributed by atoms with Gasteiger partial charge in [-0.2, -0.15) is 0 Å². The molecule has 0 aliphatic heterocycles. The first-order valence-corrected chi connectivity index (χ1v) is 16.5. The average molecular weight is 468 g/mol. The Morgan fingerprint density at radius 1 is 0.846 bits per heavy atom. The molecule has 1 aromatic rings. The van der Waals surface area contributed by atoms with Crippen LogP contribution in [0.3, 0.4) is 0 Å². The van der Waals surface area contributed by atoms with Crippen LogP contribution in [0, 0.1) is 0 Å². The van der Waals surface area contributed by atoms with E-state index in [1.807, 2.05) is 12.1 Å². The van der Waals surface area contributed by atoms with Crippen LogP contribution in [0.2, 0.25) is 13.3 Å². The molecule has 0 atom stereocenters. The summed E-state index contributed by atoms with van der Waals surface area (Å²) in [5.74, 6) is -0.875. The number of carboxylic acid groups (broad SMARTS) is 1. The zero-order chi connectivity index (χ0) is 20.0.